The molecule has 1 N–H and O–H groups in total. The summed E-state index contributed by atoms with van der Waals surface area (Å²) < 4.78 is 10.7. The quantitative estimate of drug-likeness (QED) is 0.471. The number of aryl methyl sites for hydroxylation is 1. The topological polar surface area (TPSA) is 85.6 Å². The van der Waals surface area contributed by atoms with E-state index in [-0.39, 0.29) is 30.1 Å². The second kappa shape index (κ2) is 9.00. The molecule has 2 aromatic carbocycles. The van der Waals surface area contributed by atoms with Crippen LogP contribution in [0, 0.1) is 0 Å². The molecule has 1 heterocycles. The molecule has 0 aliphatic heterocycles. The molecule has 0 fully saturated rings. The van der Waals surface area contributed by atoms with Crippen molar-refractivity contribution in [2.24, 2.45) is 0 Å². The molecule has 0 saturated heterocycles. The number of Topliss-reactive ketones (excluding diaryl/α,β-unsaturated/α-hetero) is 1. The van der Waals surface area contributed by atoms with E-state index in [0.717, 1.165) is 30.4 Å². The van der Waals surface area contributed by atoms with Crippen LogP contribution in [0.25, 0.3) is 11.3 Å². The third kappa shape index (κ3) is 4.74. The van der Waals surface area contributed by atoms with Crippen molar-refractivity contribution in [3.8, 4) is 11.3 Å². The molecule has 1 aliphatic rings. The van der Waals surface area contributed by atoms with Crippen molar-refractivity contribution in [2.45, 2.75) is 32.2 Å². The van der Waals surface area contributed by atoms with Gasteiger partial charge in [-0.25, -0.2) is 4.79 Å². The molecule has 6 nitrogen and oxygen atoms in total. The maximum atomic E-state index is 12.3. The van der Waals surface area contributed by atoms with Crippen LogP contribution >= 0.6 is 0 Å². The fourth-order valence-corrected chi connectivity index (χ4v) is 3.81. The predicted molar refractivity (Wildman–Crippen MR) is 115 cm³/mol. The van der Waals surface area contributed by atoms with Crippen LogP contribution in [0.15, 0.2) is 65.1 Å². The highest BCUT2D eigenvalue weighted by atomic mass is 16.5. The van der Waals surface area contributed by atoms with Gasteiger partial charge in [0, 0.05) is 11.1 Å². The van der Waals surface area contributed by atoms with Crippen LogP contribution in [0.1, 0.15) is 57.8 Å². The second-order valence-electron chi connectivity index (χ2n) is 7.58. The van der Waals surface area contributed by atoms with Gasteiger partial charge in [0.2, 0.25) is 5.76 Å². The van der Waals surface area contributed by atoms with Crippen LogP contribution in [-0.4, -0.2) is 24.3 Å². The third-order valence-corrected chi connectivity index (χ3v) is 5.42. The molecule has 1 aromatic heterocycles. The minimum absolute atomic E-state index is 0.0152. The SMILES string of the molecule is CC(=O)c1ccc(-c2ccc(C(=O)OCC(=O)N[C@H]3CCCc4ccccc43)o2)cc1. The number of rotatable bonds is 6. The van der Waals surface area contributed by atoms with E-state index in [2.05, 4.69) is 11.4 Å². The Labute approximate surface area is 180 Å². The number of amides is 1. The molecule has 31 heavy (non-hydrogen) atoms. The summed E-state index contributed by atoms with van der Waals surface area (Å²) >= 11 is 0. The van der Waals surface area contributed by atoms with Crippen LogP contribution in [-0.2, 0) is 16.0 Å². The molecule has 3 aromatic rings. The van der Waals surface area contributed by atoms with Gasteiger partial charge < -0.3 is 14.5 Å². The summed E-state index contributed by atoms with van der Waals surface area (Å²) in [5.74, 6) is -0.579. The number of esters is 1. The van der Waals surface area contributed by atoms with Crippen LogP contribution < -0.4 is 5.32 Å². The zero-order valence-corrected chi connectivity index (χ0v) is 17.2. The smallest absolute Gasteiger partial charge is 0.374 e. The highest BCUT2D eigenvalue weighted by Gasteiger charge is 2.22. The number of ketones is 1. The number of hydrogen-bond acceptors (Lipinski definition) is 5. The van der Waals surface area contributed by atoms with Crippen molar-refractivity contribution in [1.82, 2.24) is 5.32 Å². The number of hydrogen-bond donors (Lipinski definition) is 1. The lowest BCUT2D eigenvalue weighted by Crippen LogP contribution is -2.34. The van der Waals surface area contributed by atoms with E-state index in [4.69, 9.17) is 9.15 Å². The van der Waals surface area contributed by atoms with E-state index in [1.54, 1.807) is 30.3 Å². The van der Waals surface area contributed by atoms with E-state index < -0.39 is 5.97 Å². The molecule has 1 aliphatic carbocycles. The summed E-state index contributed by atoms with van der Waals surface area (Å²) in [7, 11) is 0. The molecule has 0 radical (unpaired) electrons. The van der Waals surface area contributed by atoms with Crippen molar-refractivity contribution in [3.05, 3.63) is 83.1 Å². The fourth-order valence-electron chi connectivity index (χ4n) is 3.81. The first kappa shape index (κ1) is 20.6. The van der Waals surface area contributed by atoms with Crippen molar-refractivity contribution in [1.29, 1.82) is 0 Å². The third-order valence-electron chi connectivity index (χ3n) is 5.42. The largest absolute Gasteiger partial charge is 0.450 e. The first-order chi connectivity index (χ1) is 15.0. The Hall–Kier alpha value is -3.67. The zero-order valence-electron chi connectivity index (χ0n) is 17.2. The molecule has 0 saturated carbocycles. The number of fused-ring (bicyclic) bond motifs is 1. The van der Waals surface area contributed by atoms with Crippen LogP contribution in [0.5, 0.6) is 0 Å². The fraction of sp³-hybridized carbons (Fsp3) is 0.240. The minimum atomic E-state index is -0.703. The number of carbonyl (C=O) groups excluding carboxylic acids is 3. The van der Waals surface area contributed by atoms with Crippen molar-refractivity contribution >= 4 is 17.7 Å². The average Bonchev–Trinajstić information content (AvgIpc) is 3.28. The average molecular weight is 417 g/mol. The van der Waals surface area contributed by atoms with E-state index in [1.165, 1.54) is 18.6 Å². The van der Waals surface area contributed by atoms with Gasteiger partial charge in [0.15, 0.2) is 12.4 Å². The molecule has 4 rings (SSSR count). The van der Waals surface area contributed by atoms with Gasteiger partial charge >= 0.3 is 5.97 Å². The summed E-state index contributed by atoms with van der Waals surface area (Å²) in [5.41, 5.74) is 3.70. The Morgan fingerprint density at radius 1 is 1.03 bits per heavy atom. The Morgan fingerprint density at radius 2 is 1.81 bits per heavy atom. The van der Waals surface area contributed by atoms with Gasteiger partial charge in [-0.2, -0.15) is 0 Å². The summed E-state index contributed by atoms with van der Waals surface area (Å²) in [5, 5.41) is 2.95. The number of nitrogens with one attached hydrogen (secondary N) is 1. The van der Waals surface area contributed by atoms with Crippen molar-refractivity contribution in [2.75, 3.05) is 6.61 Å². The summed E-state index contributed by atoms with van der Waals surface area (Å²) in [4.78, 5) is 36.0. The molecule has 1 atom stereocenters. The highest BCUT2D eigenvalue weighted by molar-refractivity contribution is 5.94. The van der Waals surface area contributed by atoms with Gasteiger partial charge in [0.05, 0.1) is 6.04 Å². The predicted octanol–water partition coefficient (Wildman–Crippen LogP) is 4.50. The van der Waals surface area contributed by atoms with E-state index >= 15 is 0 Å². The van der Waals surface area contributed by atoms with Gasteiger partial charge in [-0.3, -0.25) is 9.59 Å². The van der Waals surface area contributed by atoms with Gasteiger partial charge in [-0.05, 0) is 49.4 Å². The lowest BCUT2D eigenvalue weighted by Gasteiger charge is -2.26. The highest BCUT2D eigenvalue weighted by Crippen LogP contribution is 2.29. The normalized spacial score (nSPS) is 15.1. The first-order valence-corrected chi connectivity index (χ1v) is 10.3. The number of ether oxygens (including phenoxy) is 1. The molecular formula is C25H23NO5. The second-order valence-corrected chi connectivity index (χ2v) is 7.58. The van der Waals surface area contributed by atoms with Gasteiger partial charge in [-0.15, -0.1) is 0 Å². The number of benzene rings is 2. The van der Waals surface area contributed by atoms with Gasteiger partial charge in [-0.1, -0.05) is 48.5 Å². The molecule has 0 spiro atoms. The van der Waals surface area contributed by atoms with Crippen LogP contribution in [0.4, 0.5) is 0 Å². The maximum absolute atomic E-state index is 12.3. The monoisotopic (exact) mass is 417 g/mol. The van der Waals surface area contributed by atoms with Crippen LogP contribution in [0.2, 0.25) is 0 Å². The molecule has 1 amide bonds. The van der Waals surface area contributed by atoms with Gasteiger partial charge in [0.25, 0.3) is 5.91 Å². The maximum Gasteiger partial charge on any atom is 0.374 e. The Kier molecular flexibility index (Phi) is 5.98. The number of furan rings is 1. The summed E-state index contributed by atoms with van der Waals surface area (Å²) in [6, 6.07) is 18.1. The molecule has 0 bridgehead atoms. The Balaban J connectivity index is 1.33. The first-order valence-electron chi connectivity index (χ1n) is 10.3. The molecule has 158 valence electrons. The Morgan fingerprint density at radius 3 is 2.58 bits per heavy atom. The lowest BCUT2D eigenvalue weighted by molar-refractivity contribution is -0.125. The summed E-state index contributed by atoms with van der Waals surface area (Å²) in [6.45, 7) is 1.13. The standard InChI is InChI=1S/C25H23NO5/c1-16(27)17-9-11-19(12-10-17)22-13-14-23(31-22)25(29)30-15-24(28)26-21-8-4-6-18-5-2-3-7-20(18)21/h2-3,5,7,9-14,21H,4,6,8,15H2,1H3,(H,26,28)/t21-/m0/s1. The van der Waals surface area contributed by atoms with E-state index in [1.807, 2.05) is 18.2 Å². The van der Waals surface area contributed by atoms with Gasteiger partial charge in [0.1, 0.15) is 5.76 Å². The molecular weight excluding hydrogens is 394 g/mol. The Bertz CT molecular complexity index is 1110. The lowest BCUT2D eigenvalue weighted by atomic mass is 9.88. The van der Waals surface area contributed by atoms with E-state index in [9.17, 15) is 14.4 Å². The minimum Gasteiger partial charge on any atom is -0.450 e. The van der Waals surface area contributed by atoms with Crippen molar-refractivity contribution < 1.29 is 23.5 Å². The van der Waals surface area contributed by atoms with Crippen molar-refractivity contribution in [3.63, 3.8) is 0 Å². The summed E-state index contributed by atoms with van der Waals surface area (Å²) in [6.07, 6.45) is 2.88. The van der Waals surface area contributed by atoms with Crippen LogP contribution in [0.3, 0.4) is 0 Å². The molecule has 0 unspecified atom stereocenters. The number of carbonyl (C=O) groups is 3. The molecule has 6 heteroatoms. The van der Waals surface area contributed by atoms with E-state index in [0.29, 0.717) is 11.3 Å². The zero-order chi connectivity index (χ0) is 21.8.